The van der Waals surface area contributed by atoms with Gasteiger partial charge < -0.3 is 20.7 Å². The van der Waals surface area contributed by atoms with Crippen LogP contribution in [-0.2, 0) is 14.3 Å². The van der Waals surface area contributed by atoms with Crippen LogP contribution < -0.4 is 11.1 Å². The van der Waals surface area contributed by atoms with Gasteiger partial charge in [-0.05, 0) is 17.8 Å². The summed E-state index contributed by atoms with van der Waals surface area (Å²) in [5, 5.41) is 2.55. The minimum atomic E-state index is -0.780. The van der Waals surface area contributed by atoms with E-state index in [0.29, 0.717) is 13.0 Å². The molecule has 3 atom stereocenters. The van der Waals surface area contributed by atoms with Crippen molar-refractivity contribution in [2.45, 2.75) is 46.2 Å². The number of rotatable bonds is 3. The number of hydrogen-bond acceptors (Lipinski definition) is 4. The minimum absolute atomic E-state index is 0.0187. The molecular weight excluding hydrogens is 274 g/mol. The van der Waals surface area contributed by atoms with Crippen molar-refractivity contribution in [1.29, 1.82) is 0 Å². The van der Waals surface area contributed by atoms with E-state index in [9.17, 15) is 14.4 Å². The van der Waals surface area contributed by atoms with E-state index < -0.39 is 29.5 Å². The average molecular weight is 299 g/mol. The van der Waals surface area contributed by atoms with Gasteiger partial charge in [0.15, 0.2) is 0 Å². The summed E-state index contributed by atoms with van der Waals surface area (Å²) in [6.45, 7) is 7.87. The lowest BCUT2D eigenvalue weighted by atomic mass is 9.85. The Labute approximate surface area is 125 Å². The fraction of sp³-hybridized carbons (Fsp3) is 0.786. The standard InChI is InChI=1S/C14H25N3O4/c1-8-6-7-17(9(8)11(15)18)12(19)10(14(2,3)4)16-13(20)21-5/h8-10H,6-7H2,1-5H3,(H2,15,18)(H,16,20)/t8?,9?,10-/m1/s1. The molecule has 2 unspecified atom stereocenters. The molecule has 7 heteroatoms. The van der Waals surface area contributed by atoms with Crippen LogP contribution in [-0.4, -0.2) is 48.5 Å². The molecule has 7 nitrogen and oxygen atoms in total. The zero-order valence-corrected chi connectivity index (χ0v) is 13.3. The summed E-state index contributed by atoms with van der Waals surface area (Å²) >= 11 is 0. The number of nitrogens with one attached hydrogen (secondary N) is 1. The van der Waals surface area contributed by atoms with Gasteiger partial charge in [0, 0.05) is 6.54 Å². The van der Waals surface area contributed by atoms with E-state index in [0.717, 1.165) is 0 Å². The summed E-state index contributed by atoms with van der Waals surface area (Å²) in [6, 6.07) is -1.40. The van der Waals surface area contributed by atoms with Gasteiger partial charge in [-0.25, -0.2) is 4.79 Å². The number of nitrogens with zero attached hydrogens (tertiary/aromatic N) is 1. The van der Waals surface area contributed by atoms with Crippen molar-refractivity contribution in [3.63, 3.8) is 0 Å². The van der Waals surface area contributed by atoms with Crippen LogP contribution in [0, 0.1) is 11.3 Å². The molecule has 0 aliphatic carbocycles. The van der Waals surface area contributed by atoms with Crippen molar-refractivity contribution in [3.8, 4) is 0 Å². The Kier molecular flexibility index (Phi) is 5.20. The SMILES string of the molecule is COC(=O)N[C@H](C(=O)N1CCC(C)C1C(N)=O)C(C)(C)C. The van der Waals surface area contributed by atoms with Crippen LogP contribution in [0.4, 0.5) is 4.79 Å². The lowest BCUT2D eigenvalue weighted by Gasteiger charge is -2.35. The van der Waals surface area contributed by atoms with Gasteiger partial charge in [0.1, 0.15) is 12.1 Å². The molecule has 0 aromatic rings. The van der Waals surface area contributed by atoms with Gasteiger partial charge in [-0.2, -0.15) is 0 Å². The molecule has 1 aliphatic heterocycles. The highest BCUT2D eigenvalue weighted by molar-refractivity contribution is 5.92. The Morgan fingerprint density at radius 3 is 2.33 bits per heavy atom. The van der Waals surface area contributed by atoms with E-state index in [-0.39, 0.29) is 11.8 Å². The monoisotopic (exact) mass is 299 g/mol. The number of amides is 3. The highest BCUT2D eigenvalue weighted by Gasteiger charge is 2.44. The van der Waals surface area contributed by atoms with Crippen LogP contribution in [0.25, 0.3) is 0 Å². The number of hydrogen-bond donors (Lipinski definition) is 2. The van der Waals surface area contributed by atoms with Crippen LogP contribution in [0.5, 0.6) is 0 Å². The van der Waals surface area contributed by atoms with E-state index >= 15 is 0 Å². The van der Waals surface area contributed by atoms with Crippen molar-refractivity contribution in [3.05, 3.63) is 0 Å². The number of ether oxygens (including phenoxy) is 1. The smallest absolute Gasteiger partial charge is 0.407 e. The van der Waals surface area contributed by atoms with Crippen LogP contribution in [0.1, 0.15) is 34.1 Å². The third kappa shape index (κ3) is 3.86. The molecule has 0 bridgehead atoms. The molecule has 1 heterocycles. The molecule has 1 aliphatic rings. The molecule has 0 spiro atoms. The number of carbonyl (C=O) groups excluding carboxylic acids is 3. The van der Waals surface area contributed by atoms with Crippen molar-refractivity contribution >= 4 is 17.9 Å². The highest BCUT2D eigenvalue weighted by atomic mass is 16.5. The molecule has 1 rings (SSSR count). The van der Waals surface area contributed by atoms with Gasteiger partial charge in [0.25, 0.3) is 0 Å². The second-order valence-corrected chi connectivity index (χ2v) is 6.58. The topological polar surface area (TPSA) is 102 Å². The van der Waals surface area contributed by atoms with Crippen molar-refractivity contribution in [1.82, 2.24) is 10.2 Å². The third-order valence-corrected chi connectivity index (χ3v) is 3.84. The van der Waals surface area contributed by atoms with Gasteiger partial charge in [0.2, 0.25) is 11.8 Å². The first-order valence-electron chi connectivity index (χ1n) is 7.04. The van der Waals surface area contributed by atoms with Crippen molar-refractivity contribution in [2.75, 3.05) is 13.7 Å². The van der Waals surface area contributed by atoms with E-state index in [1.165, 1.54) is 12.0 Å². The highest BCUT2D eigenvalue weighted by Crippen LogP contribution is 2.28. The molecule has 3 amide bonds. The Morgan fingerprint density at radius 1 is 1.33 bits per heavy atom. The van der Waals surface area contributed by atoms with E-state index in [1.807, 2.05) is 27.7 Å². The maximum atomic E-state index is 12.8. The normalized spacial score (nSPS) is 23.6. The van der Waals surface area contributed by atoms with Gasteiger partial charge in [-0.1, -0.05) is 27.7 Å². The van der Waals surface area contributed by atoms with Gasteiger partial charge in [-0.3, -0.25) is 9.59 Å². The first kappa shape index (κ1) is 17.3. The quantitative estimate of drug-likeness (QED) is 0.791. The van der Waals surface area contributed by atoms with Crippen LogP contribution >= 0.6 is 0 Å². The van der Waals surface area contributed by atoms with E-state index in [4.69, 9.17) is 5.73 Å². The first-order valence-corrected chi connectivity index (χ1v) is 7.04. The molecular formula is C14H25N3O4. The molecule has 0 radical (unpaired) electrons. The van der Waals surface area contributed by atoms with E-state index in [2.05, 4.69) is 10.1 Å². The Morgan fingerprint density at radius 2 is 1.90 bits per heavy atom. The maximum Gasteiger partial charge on any atom is 0.407 e. The summed E-state index contributed by atoms with van der Waals surface area (Å²) in [5.74, 6) is -0.801. The third-order valence-electron chi connectivity index (χ3n) is 3.84. The molecule has 21 heavy (non-hydrogen) atoms. The second kappa shape index (κ2) is 6.32. The molecule has 1 saturated heterocycles. The molecule has 3 N–H and O–H groups in total. The second-order valence-electron chi connectivity index (χ2n) is 6.58. The zero-order chi connectivity index (χ0) is 16.4. The average Bonchev–Trinajstić information content (AvgIpc) is 2.75. The molecule has 0 saturated carbocycles. The molecule has 0 aromatic carbocycles. The summed E-state index contributed by atoms with van der Waals surface area (Å²) in [4.78, 5) is 37.3. The van der Waals surface area contributed by atoms with Gasteiger partial charge >= 0.3 is 6.09 Å². The number of carbonyl (C=O) groups is 3. The van der Waals surface area contributed by atoms with Crippen molar-refractivity contribution < 1.29 is 19.1 Å². The minimum Gasteiger partial charge on any atom is -0.453 e. The molecule has 120 valence electrons. The zero-order valence-electron chi connectivity index (χ0n) is 13.3. The largest absolute Gasteiger partial charge is 0.453 e. The van der Waals surface area contributed by atoms with Crippen LogP contribution in [0.15, 0.2) is 0 Å². The van der Waals surface area contributed by atoms with Crippen molar-refractivity contribution in [2.24, 2.45) is 17.1 Å². The number of alkyl carbamates (subject to hydrolysis) is 1. The Bertz CT molecular complexity index is 430. The summed E-state index contributed by atoms with van der Waals surface area (Å²) in [5.41, 5.74) is 4.89. The number of nitrogens with two attached hydrogens (primary N) is 1. The first-order chi connectivity index (χ1) is 9.59. The molecule has 1 fully saturated rings. The van der Waals surface area contributed by atoms with Gasteiger partial charge in [0.05, 0.1) is 7.11 Å². The van der Waals surface area contributed by atoms with Crippen LogP contribution in [0.3, 0.4) is 0 Å². The summed E-state index contributed by atoms with van der Waals surface area (Å²) < 4.78 is 4.57. The maximum absolute atomic E-state index is 12.8. The number of methoxy groups -OCH3 is 1. The predicted octanol–water partition coefficient (Wildman–Crippen LogP) is 0.479. The Hall–Kier alpha value is -1.79. The lowest BCUT2D eigenvalue weighted by Crippen LogP contribution is -2.57. The van der Waals surface area contributed by atoms with Gasteiger partial charge in [-0.15, -0.1) is 0 Å². The summed E-state index contributed by atoms with van der Waals surface area (Å²) in [6.07, 6.45) is 0.0418. The fourth-order valence-electron chi connectivity index (χ4n) is 2.62. The summed E-state index contributed by atoms with van der Waals surface area (Å²) in [7, 11) is 1.24. The Balaban J connectivity index is 3.00. The predicted molar refractivity (Wildman–Crippen MR) is 77.3 cm³/mol. The lowest BCUT2D eigenvalue weighted by molar-refractivity contribution is -0.141. The van der Waals surface area contributed by atoms with Crippen LogP contribution in [0.2, 0.25) is 0 Å². The van der Waals surface area contributed by atoms with E-state index in [1.54, 1.807) is 0 Å². The number of primary amides is 1. The number of likely N-dealkylation sites (tertiary alicyclic amines) is 1. The molecule has 0 aromatic heterocycles. The fourth-order valence-corrected chi connectivity index (χ4v) is 2.62.